The summed E-state index contributed by atoms with van der Waals surface area (Å²) in [5.41, 5.74) is 1.75. The SMILES string of the molecule is COC(=O)c1cc(OCc2ccccc2Cl)c2ccccc2n1. The van der Waals surface area contributed by atoms with Crippen LogP contribution >= 0.6 is 11.6 Å². The van der Waals surface area contributed by atoms with Crippen LogP contribution in [0.15, 0.2) is 54.6 Å². The summed E-state index contributed by atoms with van der Waals surface area (Å²) in [6.07, 6.45) is 0. The summed E-state index contributed by atoms with van der Waals surface area (Å²) in [6, 6.07) is 16.5. The lowest BCUT2D eigenvalue weighted by atomic mass is 10.1. The molecule has 0 saturated heterocycles. The minimum Gasteiger partial charge on any atom is -0.488 e. The smallest absolute Gasteiger partial charge is 0.356 e. The molecule has 1 aromatic heterocycles. The molecular weight excluding hydrogens is 314 g/mol. The molecule has 0 saturated carbocycles. The highest BCUT2D eigenvalue weighted by Crippen LogP contribution is 2.27. The molecule has 0 bridgehead atoms. The zero-order valence-electron chi connectivity index (χ0n) is 12.5. The van der Waals surface area contributed by atoms with Gasteiger partial charge in [-0.25, -0.2) is 9.78 Å². The van der Waals surface area contributed by atoms with E-state index in [1.807, 2.05) is 48.5 Å². The molecule has 0 fully saturated rings. The van der Waals surface area contributed by atoms with Gasteiger partial charge in [0, 0.05) is 22.0 Å². The fraction of sp³-hybridized carbons (Fsp3) is 0.111. The molecule has 23 heavy (non-hydrogen) atoms. The average Bonchev–Trinajstić information content (AvgIpc) is 2.59. The van der Waals surface area contributed by atoms with E-state index >= 15 is 0 Å². The number of hydrogen-bond donors (Lipinski definition) is 0. The minimum absolute atomic E-state index is 0.209. The van der Waals surface area contributed by atoms with Crippen LogP contribution in [-0.4, -0.2) is 18.1 Å². The molecule has 0 aliphatic heterocycles. The molecule has 116 valence electrons. The number of ether oxygens (including phenoxy) is 2. The van der Waals surface area contributed by atoms with E-state index in [2.05, 4.69) is 4.98 Å². The fourth-order valence-electron chi connectivity index (χ4n) is 2.24. The Kier molecular flexibility index (Phi) is 4.44. The molecule has 5 heteroatoms. The van der Waals surface area contributed by atoms with E-state index in [-0.39, 0.29) is 5.69 Å². The van der Waals surface area contributed by atoms with E-state index in [1.54, 1.807) is 6.07 Å². The Morgan fingerprint density at radius 2 is 1.87 bits per heavy atom. The van der Waals surface area contributed by atoms with Gasteiger partial charge in [-0.2, -0.15) is 0 Å². The number of rotatable bonds is 4. The number of fused-ring (bicyclic) bond motifs is 1. The van der Waals surface area contributed by atoms with Crippen LogP contribution in [-0.2, 0) is 11.3 Å². The van der Waals surface area contributed by atoms with Crippen molar-refractivity contribution in [2.45, 2.75) is 6.61 Å². The van der Waals surface area contributed by atoms with Gasteiger partial charge in [0.05, 0.1) is 12.6 Å². The van der Waals surface area contributed by atoms with Crippen molar-refractivity contribution in [3.63, 3.8) is 0 Å². The van der Waals surface area contributed by atoms with Crippen molar-refractivity contribution < 1.29 is 14.3 Å². The van der Waals surface area contributed by atoms with Gasteiger partial charge in [0.1, 0.15) is 12.4 Å². The molecule has 0 radical (unpaired) electrons. The predicted molar refractivity (Wildman–Crippen MR) is 88.9 cm³/mol. The first-order valence-electron chi connectivity index (χ1n) is 7.03. The molecule has 0 unspecified atom stereocenters. The van der Waals surface area contributed by atoms with Gasteiger partial charge < -0.3 is 9.47 Å². The van der Waals surface area contributed by atoms with Crippen molar-refractivity contribution in [2.24, 2.45) is 0 Å². The zero-order valence-corrected chi connectivity index (χ0v) is 13.2. The minimum atomic E-state index is -0.502. The first-order chi connectivity index (χ1) is 11.2. The van der Waals surface area contributed by atoms with E-state index in [1.165, 1.54) is 7.11 Å². The van der Waals surface area contributed by atoms with E-state index < -0.39 is 5.97 Å². The number of methoxy groups -OCH3 is 1. The van der Waals surface area contributed by atoms with Crippen LogP contribution in [0.2, 0.25) is 5.02 Å². The van der Waals surface area contributed by atoms with Gasteiger partial charge in [0.15, 0.2) is 5.69 Å². The number of carbonyl (C=O) groups excluding carboxylic acids is 1. The number of nitrogens with zero attached hydrogens (tertiary/aromatic N) is 1. The Morgan fingerprint density at radius 1 is 1.13 bits per heavy atom. The third kappa shape index (κ3) is 3.27. The van der Waals surface area contributed by atoms with Gasteiger partial charge >= 0.3 is 5.97 Å². The van der Waals surface area contributed by atoms with Crippen LogP contribution in [0.5, 0.6) is 5.75 Å². The molecule has 3 aromatic rings. The van der Waals surface area contributed by atoms with Crippen LogP contribution in [0.4, 0.5) is 0 Å². The fourth-order valence-corrected chi connectivity index (χ4v) is 2.43. The van der Waals surface area contributed by atoms with E-state index in [0.717, 1.165) is 10.9 Å². The number of hydrogen-bond acceptors (Lipinski definition) is 4. The first-order valence-corrected chi connectivity index (χ1v) is 7.41. The lowest BCUT2D eigenvalue weighted by Gasteiger charge is -2.11. The summed E-state index contributed by atoms with van der Waals surface area (Å²) >= 11 is 6.15. The van der Waals surface area contributed by atoms with Crippen molar-refractivity contribution in [2.75, 3.05) is 7.11 Å². The topological polar surface area (TPSA) is 48.4 Å². The molecule has 0 aliphatic rings. The van der Waals surface area contributed by atoms with Gasteiger partial charge in [0.2, 0.25) is 0 Å². The third-order valence-corrected chi connectivity index (χ3v) is 3.78. The molecule has 0 aliphatic carbocycles. The summed E-state index contributed by atoms with van der Waals surface area (Å²) in [6.45, 7) is 0.300. The number of benzene rings is 2. The molecule has 1 heterocycles. The normalized spacial score (nSPS) is 10.5. The molecule has 3 rings (SSSR count). The van der Waals surface area contributed by atoms with Gasteiger partial charge in [-0.1, -0.05) is 41.9 Å². The van der Waals surface area contributed by atoms with Crippen LogP contribution < -0.4 is 4.74 Å². The highest BCUT2D eigenvalue weighted by atomic mass is 35.5. The number of esters is 1. The standard InChI is InChI=1S/C18H14ClNO3/c1-22-18(21)16-10-17(13-7-3-5-9-15(13)20-16)23-11-12-6-2-4-8-14(12)19/h2-10H,11H2,1H3. The number of aromatic nitrogens is 1. The summed E-state index contributed by atoms with van der Waals surface area (Å²) in [5.74, 6) is 0.0641. The highest BCUT2D eigenvalue weighted by molar-refractivity contribution is 6.31. The van der Waals surface area contributed by atoms with E-state index in [9.17, 15) is 4.79 Å². The van der Waals surface area contributed by atoms with Crippen molar-refractivity contribution in [1.82, 2.24) is 4.98 Å². The van der Waals surface area contributed by atoms with Gasteiger partial charge in [0.25, 0.3) is 0 Å². The van der Waals surface area contributed by atoms with Crippen LogP contribution in [0, 0.1) is 0 Å². The largest absolute Gasteiger partial charge is 0.488 e. The molecule has 0 atom stereocenters. The molecule has 0 spiro atoms. The maximum absolute atomic E-state index is 11.8. The molecular formula is C18H14ClNO3. The quantitative estimate of drug-likeness (QED) is 0.672. The molecule has 0 amide bonds. The highest BCUT2D eigenvalue weighted by Gasteiger charge is 2.13. The third-order valence-electron chi connectivity index (χ3n) is 3.41. The van der Waals surface area contributed by atoms with Gasteiger partial charge in [-0.05, 0) is 18.2 Å². The zero-order chi connectivity index (χ0) is 16.2. The van der Waals surface area contributed by atoms with Crippen LogP contribution in [0.1, 0.15) is 16.1 Å². The Morgan fingerprint density at radius 3 is 2.65 bits per heavy atom. The Hall–Kier alpha value is -2.59. The number of halogens is 1. The Balaban J connectivity index is 1.98. The number of para-hydroxylation sites is 1. The maximum atomic E-state index is 11.8. The van der Waals surface area contributed by atoms with Crippen LogP contribution in [0.3, 0.4) is 0 Å². The second-order valence-corrected chi connectivity index (χ2v) is 5.30. The lowest BCUT2D eigenvalue weighted by Crippen LogP contribution is -2.06. The lowest BCUT2D eigenvalue weighted by molar-refractivity contribution is 0.0594. The second-order valence-electron chi connectivity index (χ2n) is 4.89. The summed E-state index contributed by atoms with van der Waals surface area (Å²) in [4.78, 5) is 16.1. The second kappa shape index (κ2) is 6.67. The summed E-state index contributed by atoms with van der Waals surface area (Å²) in [5, 5.41) is 1.46. The van der Waals surface area contributed by atoms with Crippen molar-refractivity contribution in [1.29, 1.82) is 0 Å². The molecule has 0 N–H and O–H groups in total. The van der Waals surface area contributed by atoms with E-state index in [0.29, 0.717) is 22.9 Å². The van der Waals surface area contributed by atoms with Gasteiger partial charge in [-0.3, -0.25) is 0 Å². The van der Waals surface area contributed by atoms with Crippen molar-refractivity contribution in [3.05, 3.63) is 70.9 Å². The number of pyridine rings is 1. The Bertz CT molecular complexity index is 864. The van der Waals surface area contributed by atoms with Crippen molar-refractivity contribution in [3.8, 4) is 5.75 Å². The van der Waals surface area contributed by atoms with Crippen LogP contribution in [0.25, 0.3) is 10.9 Å². The molecule has 2 aromatic carbocycles. The predicted octanol–water partition coefficient (Wildman–Crippen LogP) is 4.25. The monoisotopic (exact) mass is 327 g/mol. The number of carbonyl (C=O) groups is 1. The maximum Gasteiger partial charge on any atom is 0.356 e. The van der Waals surface area contributed by atoms with Crippen molar-refractivity contribution >= 4 is 28.5 Å². The first kappa shape index (κ1) is 15.3. The van der Waals surface area contributed by atoms with Gasteiger partial charge in [-0.15, -0.1) is 0 Å². The molecule has 4 nitrogen and oxygen atoms in total. The Labute approximate surface area is 138 Å². The summed E-state index contributed by atoms with van der Waals surface area (Å²) < 4.78 is 10.6. The van der Waals surface area contributed by atoms with E-state index in [4.69, 9.17) is 21.1 Å². The summed E-state index contributed by atoms with van der Waals surface area (Å²) in [7, 11) is 1.32. The average molecular weight is 328 g/mol.